The smallest absolute Gasteiger partial charge is 0.244 e. The number of amides is 1. The average Bonchev–Trinajstić information content (AvgIpc) is 2.94. The van der Waals surface area contributed by atoms with Crippen molar-refractivity contribution in [2.75, 3.05) is 25.2 Å². The van der Waals surface area contributed by atoms with Crippen LogP contribution in [0.4, 0.5) is 0 Å². The quantitative estimate of drug-likeness (QED) is 0.850. The number of rotatable bonds is 5. The number of hydrogen-bond donors (Lipinski definition) is 1. The van der Waals surface area contributed by atoms with Gasteiger partial charge in [-0.05, 0) is 29.9 Å². The van der Waals surface area contributed by atoms with Gasteiger partial charge in [0.1, 0.15) is 0 Å². The van der Waals surface area contributed by atoms with Gasteiger partial charge < -0.3 is 10.1 Å². The lowest BCUT2D eigenvalue weighted by Gasteiger charge is -2.26. The molecule has 1 N–H and O–H groups in total. The molecule has 1 aromatic carbocycles. The highest BCUT2D eigenvalue weighted by molar-refractivity contribution is 7.99. The van der Waals surface area contributed by atoms with E-state index in [2.05, 4.69) is 5.32 Å². The van der Waals surface area contributed by atoms with Crippen LogP contribution in [0.15, 0.2) is 30.3 Å². The standard InChI is InChI=1S/C15H18ClNO2S/c1-19-15(8-9-20-11-15)10-17-14(18)7-6-12-4-2-3-5-13(12)16/h2-7H,8-11H2,1H3,(H,17,18)/b7-6+/t15-/m1/s1. The molecule has 0 bridgehead atoms. The molecule has 1 aliphatic rings. The maximum atomic E-state index is 11.8. The predicted molar refractivity (Wildman–Crippen MR) is 85.2 cm³/mol. The second kappa shape index (κ2) is 7.16. The number of thioether (sulfide) groups is 1. The van der Waals surface area contributed by atoms with Crippen molar-refractivity contribution >= 4 is 35.3 Å². The van der Waals surface area contributed by atoms with E-state index in [1.807, 2.05) is 30.0 Å². The Hall–Kier alpha value is -0.970. The van der Waals surface area contributed by atoms with Crippen molar-refractivity contribution in [3.05, 3.63) is 40.9 Å². The lowest BCUT2D eigenvalue weighted by atomic mass is 10.0. The third kappa shape index (κ3) is 4.01. The van der Waals surface area contributed by atoms with Crippen LogP contribution in [0.1, 0.15) is 12.0 Å². The Morgan fingerprint density at radius 1 is 1.55 bits per heavy atom. The summed E-state index contributed by atoms with van der Waals surface area (Å²) in [5.74, 6) is 1.88. The highest BCUT2D eigenvalue weighted by Crippen LogP contribution is 2.30. The number of hydrogen-bond acceptors (Lipinski definition) is 3. The third-order valence-electron chi connectivity index (χ3n) is 3.40. The van der Waals surface area contributed by atoms with E-state index in [-0.39, 0.29) is 11.5 Å². The zero-order valence-electron chi connectivity index (χ0n) is 11.4. The fraction of sp³-hybridized carbons (Fsp3) is 0.400. The molecular formula is C15H18ClNO2S. The molecule has 0 radical (unpaired) electrons. The zero-order chi connectivity index (χ0) is 14.4. The molecule has 0 spiro atoms. The molecule has 0 saturated carbocycles. The minimum Gasteiger partial charge on any atom is -0.376 e. The molecule has 1 saturated heterocycles. The van der Waals surface area contributed by atoms with Crippen molar-refractivity contribution < 1.29 is 9.53 Å². The zero-order valence-corrected chi connectivity index (χ0v) is 13.0. The first-order chi connectivity index (χ1) is 9.65. The molecule has 1 amide bonds. The Bertz CT molecular complexity index is 498. The van der Waals surface area contributed by atoms with Crippen LogP contribution in [0.5, 0.6) is 0 Å². The topological polar surface area (TPSA) is 38.3 Å². The van der Waals surface area contributed by atoms with Gasteiger partial charge in [-0.3, -0.25) is 4.79 Å². The number of carbonyl (C=O) groups is 1. The first-order valence-corrected chi connectivity index (χ1v) is 8.02. The SMILES string of the molecule is CO[C@@]1(CNC(=O)/C=C/c2ccccc2Cl)CCSC1. The molecule has 0 aliphatic carbocycles. The summed E-state index contributed by atoms with van der Waals surface area (Å²) in [6.45, 7) is 0.544. The molecule has 0 unspecified atom stereocenters. The molecule has 20 heavy (non-hydrogen) atoms. The molecule has 2 rings (SSSR count). The summed E-state index contributed by atoms with van der Waals surface area (Å²) < 4.78 is 5.55. The van der Waals surface area contributed by atoms with E-state index < -0.39 is 0 Å². The largest absolute Gasteiger partial charge is 0.376 e. The summed E-state index contributed by atoms with van der Waals surface area (Å²) in [6, 6.07) is 7.42. The van der Waals surface area contributed by atoms with Crippen LogP contribution in [0, 0.1) is 0 Å². The van der Waals surface area contributed by atoms with Crippen molar-refractivity contribution in [2.45, 2.75) is 12.0 Å². The van der Waals surface area contributed by atoms with Crippen LogP contribution in [0.25, 0.3) is 6.08 Å². The van der Waals surface area contributed by atoms with Gasteiger partial charge in [-0.25, -0.2) is 0 Å². The van der Waals surface area contributed by atoms with Crippen LogP contribution in [0.2, 0.25) is 5.02 Å². The number of halogens is 1. The third-order valence-corrected chi connectivity index (χ3v) is 4.97. The molecule has 1 aliphatic heterocycles. The van der Waals surface area contributed by atoms with Crippen LogP contribution < -0.4 is 5.32 Å². The minimum atomic E-state index is -0.210. The number of carbonyl (C=O) groups excluding carboxylic acids is 1. The van der Waals surface area contributed by atoms with Crippen molar-refractivity contribution in [1.29, 1.82) is 0 Å². The van der Waals surface area contributed by atoms with E-state index in [4.69, 9.17) is 16.3 Å². The van der Waals surface area contributed by atoms with Gasteiger partial charge in [0, 0.05) is 30.5 Å². The van der Waals surface area contributed by atoms with Crippen LogP contribution in [-0.2, 0) is 9.53 Å². The maximum Gasteiger partial charge on any atom is 0.244 e. The van der Waals surface area contributed by atoms with Crippen LogP contribution in [0.3, 0.4) is 0 Å². The van der Waals surface area contributed by atoms with Crippen LogP contribution >= 0.6 is 23.4 Å². The molecular weight excluding hydrogens is 294 g/mol. The summed E-state index contributed by atoms with van der Waals surface area (Å²) in [6.07, 6.45) is 4.20. The normalized spacial score (nSPS) is 22.3. The second-order valence-corrected chi connectivity index (χ2v) is 6.27. The van der Waals surface area contributed by atoms with Gasteiger partial charge in [0.25, 0.3) is 0 Å². The summed E-state index contributed by atoms with van der Waals surface area (Å²) in [4.78, 5) is 11.8. The molecule has 0 aromatic heterocycles. The first-order valence-electron chi connectivity index (χ1n) is 6.49. The summed E-state index contributed by atoms with van der Waals surface area (Å²) in [5, 5.41) is 3.54. The van der Waals surface area contributed by atoms with E-state index in [1.54, 1.807) is 19.3 Å². The lowest BCUT2D eigenvalue weighted by molar-refractivity contribution is -0.117. The van der Waals surface area contributed by atoms with Crippen molar-refractivity contribution in [1.82, 2.24) is 5.32 Å². The first kappa shape index (κ1) is 15.4. The van der Waals surface area contributed by atoms with E-state index in [0.717, 1.165) is 23.5 Å². The molecule has 3 nitrogen and oxygen atoms in total. The number of benzene rings is 1. The van der Waals surface area contributed by atoms with Crippen molar-refractivity contribution in [3.63, 3.8) is 0 Å². The van der Waals surface area contributed by atoms with E-state index in [9.17, 15) is 4.79 Å². The Labute approximate surface area is 128 Å². The fourth-order valence-electron chi connectivity index (χ4n) is 2.04. The fourth-order valence-corrected chi connectivity index (χ4v) is 3.64. The molecule has 1 fully saturated rings. The maximum absolute atomic E-state index is 11.8. The number of nitrogens with one attached hydrogen (secondary N) is 1. The minimum absolute atomic E-state index is 0.127. The lowest BCUT2D eigenvalue weighted by Crippen LogP contribution is -2.44. The van der Waals surface area contributed by atoms with E-state index in [0.29, 0.717) is 11.6 Å². The van der Waals surface area contributed by atoms with Gasteiger partial charge in [-0.1, -0.05) is 29.8 Å². The Morgan fingerprint density at radius 3 is 3.00 bits per heavy atom. The van der Waals surface area contributed by atoms with Gasteiger partial charge >= 0.3 is 0 Å². The van der Waals surface area contributed by atoms with Gasteiger partial charge in [0.05, 0.1) is 5.60 Å². The Balaban J connectivity index is 1.88. The summed E-state index contributed by atoms with van der Waals surface area (Å²) >= 11 is 7.88. The van der Waals surface area contributed by atoms with Gasteiger partial charge in [-0.2, -0.15) is 11.8 Å². The van der Waals surface area contributed by atoms with E-state index >= 15 is 0 Å². The van der Waals surface area contributed by atoms with Crippen LogP contribution in [-0.4, -0.2) is 36.7 Å². The average molecular weight is 312 g/mol. The highest BCUT2D eigenvalue weighted by Gasteiger charge is 2.34. The number of methoxy groups -OCH3 is 1. The Kier molecular flexibility index (Phi) is 5.52. The monoisotopic (exact) mass is 311 g/mol. The van der Waals surface area contributed by atoms with Gasteiger partial charge in [-0.15, -0.1) is 0 Å². The number of ether oxygens (including phenoxy) is 1. The summed E-state index contributed by atoms with van der Waals surface area (Å²) in [5.41, 5.74) is 0.626. The predicted octanol–water partition coefficient (Wildman–Crippen LogP) is 2.99. The Morgan fingerprint density at radius 2 is 2.35 bits per heavy atom. The second-order valence-electron chi connectivity index (χ2n) is 4.76. The van der Waals surface area contributed by atoms with E-state index in [1.165, 1.54) is 6.08 Å². The summed E-state index contributed by atoms with van der Waals surface area (Å²) in [7, 11) is 1.71. The molecule has 1 heterocycles. The molecule has 1 atom stereocenters. The molecule has 1 aromatic rings. The molecule has 5 heteroatoms. The molecule has 108 valence electrons. The van der Waals surface area contributed by atoms with Gasteiger partial charge in [0.2, 0.25) is 5.91 Å². The van der Waals surface area contributed by atoms with Gasteiger partial charge in [0.15, 0.2) is 0 Å². The van der Waals surface area contributed by atoms with Crippen molar-refractivity contribution in [3.8, 4) is 0 Å². The van der Waals surface area contributed by atoms with Crippen molar-refractivity contribution in [2.24, 2.45) is 0 Å². The highest BCUT2D eigenvalue weighted by atomic mass is 35.5.